The number of aliphatic hydroxyl groups is 1. The van der Waals surface area contributed by atoms with E-state index in [1.807, 2.05) is 7.85 Å². The van der Waals surface area contributed by atoms with Crippen molar-refractivity contribution in [3.8, 4) is 0 Å². The standard InChI is InChI=1S/C7H14BNO4/c8-6-1-4(10)5(13-6)3-12-7(11)2-9/h4-6,10H,1-3,8-9H2/t4?,5-,6-/m0/s1. The third-order valence-electron chi connectivity index (χ3n) is 1.98. The highest BCUT2D eigenvalue weighted by Crippen LogP contribution is 2.18. The van der Waals surface area contributed by atoms with Crippen molar-refractivity contribution in [3.05, 3.63) is 0 Å². The van der Waals surface area contributed by atoms with E-state index in [4.69, 9.17) is 15.2 Å². The third kappa shape index (κ3) is 2.98. The van der Waals surface area contributed by atoms with Gasteiger partial charge in [-0.1, -0.05) is 0 Å². The fourth-order valence-corrected chi connectivity index (χ4v) is 1.32. The predicted octanol–water partition coefficient (Wildman–Crippen LogP) is -2.40. The van der Waals surface area contributed by atoms with E-state index in [0.717, 1.165) is 0 Å². The summed E-state index contributed by atoms with van der Waals surface area (Å²) in [6.07, 6.45) is -0.351. The van der Waals surface area contributed by atoms with Gasteiger partial charge >= 0.3 is 5.97 Å². The molecule has 1 rings (SSSR count). The summed E-state index contributed by atoms with van der Waals surface area (Å²) in [4.78, 5) is 10.7. The normalized spacial score (nSPS) is 33.2. The molecule has 0 aromatic rings. The van der Waals surface area contributed by atoms with E-state index in [1.54, 1.807) is 0 Å². The summed E-state index contributed by atoms with van der Waals surface area (Å²) >= 11 is 0. The van der Waals surface area contributed by atoms with E-state index in [2.05, 4.69) is 0 Å². The highest BCUT2D eigenvalue weighted by molar-refractivity contribution is 6.11. The summed E-state index contributed by atoms with van der Waals surface area (Å²) in [6.45, 7) is -0.0556. The topological polar surface area (TPSA) is 81.8 Å². The van der Waals surface area contributed by atoms with Crippen LogP contribution in [0.3, 0.4) is 0 Å². The van der Waals surface area contributed by atoms with Crippen molar-refractivity contribution in [2.75, 3.05) is 13.2 Å². The second-order valence-electron chi connectivity index (χ2n) is 3.18. The van der Waals surface area contributed by atoms with Gasteiger partial charge in [0.1, 0.15) is 20.6 Å². The van der Waals surface area contributed by atoms with Crippen LogP contribution < -0.4 is 5.73 Å². The molecule has 1 saturated heterocycles. The van der Waals surface area contributed by atoms with E-state index >= 15 is 0 Å². The van der Waals surface area contributed by atoms with Gasteiger partial charge in [-0.15, -0.1) is 0 Å². The lowest BCUT2D eigenvalue weighted by molar-refractivity contribution is -0.146. The number of carbonyl (C=O) groups is 1. The average molecular weight is 187 g/mol. The molecular weight excluding hydrogens is 173 g/mol. The summed E-state index contributed by atoms with van der Waals surface area (Å²) in [5.74, 6) is -0.477. The molecule has 13 heavy (non-hydrogen) atoms. The molecule has 6 heteroatoms. The minimum Gasteiger partial charge on any atom is -0.462 e. The highest BCUT2D eigenvalue weighted by atomic mass is 16.6. The van der Waals surface area contributed by atoms with Crippen LogP contribution in [0.15, 0.2) is 0 Å². The molecule has 74 valence electrons. The second kappa shape index (κ2) is 4.60. The molecule has 5 nitrogen and oxygen atoms in total. The van der Waals surface area contributed by atoms with E-state index in [-0.39, 0.29) is 19.2 Å². The Labute approximate surface area is 77.6 Å². The van der Waals surface area contributed by atoms with Crippen molar-refractivity contribution in [1.82, 2.24) is 0 Å². The van der Waals surface area contributed by atoms with Crippen LogP contribution in [-0.4, -0.2) is 50.3 Å². The van der Waals surface area contributed by atoms with Crippen LogP contribution in [0, 0.1) is 0 Å². The lowest BCUT2D eigenvalue weighted by Gasteiger charge is -2.13. The van der Waals surface area contributed by atoms with Gasteiger partial charge < -0.3 is 20.3 Å². The fraction of sp³-hybridized carbons (Fsp3) is 0.857. The van der Waals surface area contributed by atoms with E-state index in [0.29, 0.717) is 6.42 Å². The smallest absolute Gasteiger partial charge is 0.319 e. The summed E-state index contributed by atoms with van der Waals surface area (Å²) in [7, 11) is 1.87. The Balaban J connectivity index is 2.25. The quantitative estimate of drug-likeness (QED) is 0.380. The molecular formula is C7H14BNO4. The van der Waals surface area contributed by atoms with Gasteiger partial charge in [0.2, 0.25) is 0 Å². The molecule has 0 aromatic heterocycles. The number of hydrogen-bond acceptors (Lipinski definition) is 5. The van der Waals surface area contributed by atoms with Gasteiger partial charge in [-0.05, 0) is 6.42 Å². The minimum atomic E-state index is -0.541. The van der Waals surface area contributed by atoms with Gasteiger partial charge in [-0.3, -0.25) is 4.79 Å². The average Bonchev–Trinajstić information content (AvgIpc) is 2.41. The SMILES string of the molecule is B[C@@H]1CC(O)[C@H](COC(=O)CN)O1. The molecule has 1 fully saturated rings. The molecule has 0 aromatic carbocycles. The van der Waals surface area contributed by atoms with Crippen LogP contribution in [0.5, 0.6) is 0 Å². The Bertz CT molecular complexity index is 189. The maximum absolute atomic E-state index is 10.7. The zero-order valence-electron chi connectivity index (χ0n) is 7.60. The lowest BCUT2D eigenvalue weighted by Crippen LogP contribution is -2.29. The molecule has 0 spiro atoms. The van der Waals surface area contributed by atoms with Gasteiger partial charge in [-0.2, -0.15) is 0 Å². The molecule has 0 amide bonds. The Morgan fingerprint density at radius 2 is 2.46 bits per heavy atom. The van der Waals surface area contributed by atoms with E-state index < -0.39 is 18.2 Å². The third-order valence-corrected chi connectivity index (χ3v) is 1.98. The first-order chi connectivity index (χ1) is 6.13. The lowest BCUT2D eigenvalue weighted by atomic mass is 9.96. The first-order valence-electron chi connectivity index (χ1n) is 4.32. The van der Waals surface area contributed by atoms with Crippen molar-refractivity contribution in [2.45, 2.75) is 24.6 Å². The first-order valence-corrected chi connectivity index (χ1v) is 4.32. The molecule has 3 atom stereocenters. The minimum absolute atomic E-state index is 0.0246. The van der Waals surface area contributed by atoms with Gasteiger partial charge in [0.15, 0.2) is 0 Å². The number of nitrogens with two attached hydrogens (primary N) is 1. The monoisotopic (exact) mass is 187 g/mol. The molecule has 1 aliphatic rings. The largest absolute Gasteiger partial charge is 0.462 e. The van der Waals surface area contributed by atoms with Crippen LogP contribution >= 0.6 is 0 Å². The molecule has 0 aliphatic carbocycles. The Kier molecular flexibility index (Phi) is 3.71. The molecule has 3 N–H and O–H groups in total. The number of rotatable bonds is 3. The number of esters is 1. The first kappa shape index (κ1) is 10.5. The van der Waals surface area contributed by atoms with Crippen molar-refractivity contribution in [1.29, 1.82) is 0 Å². The molecule has 1 unspecified atom stereocenters. The number of aliphatic hydroxyl groups excluding tert-OH is 1. The van der Waals surface area contributed by atoms with Gasteiger partial charge in [0, 0.05) is 6.00 Å². The summed E-state index contributed by atoms with van der Waals surface area (Å²) in [5, 5.41) is 9.40. The molecule has 0 radical (unpaired) electrons. The summed E-state index contributed by atoms with van der Waals surface area (Å²) in [6, 6.07) is 0.0246. The van der Waals surface area contributed by atoms with Crippen molar-refractivity contribution < 1.29 is 19.4 Å². The zero-order chi connectivity index (χ0) is 9.84. The van der Waals surface area contributed by atoms with Gasteiger partial charge in [-0.25, -0.2) is 0 Å². The van der Waals surface area contributed by atoms with Crippen LogP contribution in [0.2, 0.25) is 0 Å². The van der Waals surface area contributed by atoms with Crippen LogP contribution in [-0.2, 0) is 14.3 Å². The summed E-state index contributed by atoms with van der Waals surface area (Å²) in [5.41, 5.74) is 5.04. The van der Waals surface area contributed by atoms with Crippen molar-refractivity contribution in [3.63, 3.8) is 0 Å². The molecule has 1 heterocycles. The zero-order valence-corrected chi connectivity index (χ0v) is 7.60. The number of ether oxygens (including phenoxy) is 2. The molecule has 0 bridgehead atoms. The van der Waals surface area contributed by atoms with Crippen LogP contribution in [0.4, 0.5) is 0 Å². The molecule has 0 saturated carbocycles. The van der Waals surface area contributed by atoms with Gasteiger partial charge in [0.05, 0.1) is 12.6 Å². The summed E-state index contributed by atoms with van der Waals surface area (Å²) < 4.78 is 10.0. The maximum atomic E-state index is 10.7. The Morgan fingerprint density at radius 3 is 2.92 bits per heavy atom. The second-order valence-corrected chi connectivity index (χ2v) is 3.18. The van der Waals surface area contributed by atoms with E-state index in [1.165, 1.54) is 0 Å². The van der Waals surface area contributed by atoms with Crippen molar-refractivity contribution in [2.24, 2.45) is 5.73 Å². The molecule has 1 aliphatic heterocycles. The highest BCUT2D eigenvalue weighted by Gasteiger charge is 2.31. The predicted molar refractivity (Wildman–Crippen MR) is 47.8 cm³/mol. The fourth-order valence-electron chi connectivity index (χ4n) is 1.32. The van der Waals surface area contributed by atoms with Crippen molar-refractivity contribution >= 4 is 13.8 Å². The van der Waals surface area contributed by atoms with E-state index in [9.17, 15) is 9.90 Å². The van der Waals surface area contributed by atoms with Crippen LogP contribution in [0.1, 0.15) is 6.42 Å². The Morgan fingerprint density at radius 1 is 1.77 bits per heavy atom. The number of carbonyl (C=O) groups excluding carboxylic acids is 1. The Hall–Kier alpha value is -0.585. The van der Waals surface area contributed by atoms with Crippen LogP contribution in [0.25, 0.3) is 0 Å². The maximum Gasteiger partial charge on any atom is 0.319 e. The number of hydrogen-bond donors (Lipinski definition) is 2. The van der Waals surface area contributed by atoms with Gasteiger partial charge in [0.25, 0.3) is 0 Å².